The van der Waals surface area contributed by atoms with Gasteiger partial charge in [-0.2, -0.15) is 0 Å². The van der Waals surface area contributed by atoms with Crippen molar-refractivity contribution in [3.8, 4) is 5.75 Å². The first-order valence-electron chi connectivity index (χ1n) is 4.39. The van der Waals surface area contributed by atoms with Gasteiger partial charge in [0.2, 0.25) is 0 Å². The second-order valence-corrected chi connectivity index (χ2v) is 2.98. The van der Waals surface area contributed by atoms with Crippen LogP contribution >= 0.6 is 0 Å². The highest BCUT2D eigenvalue weighted by Crippen LogP contribution is 2.14. The molecule has 0 radical (unpaired) electrons. The van der Waals surface area contributed by atoms with Crippen LogP contribution in [0, 0.1) is 0 Å². The first-order valence-corrected chi connectivity index (χ1v) is 4.39. The summed E-state index contributed by atoms with van der Waals surface area (Å²) in [5, 5.41) is 11.7. The van der Waals surface area contributed by atoms with Crippen molar-refractivity contribution < 1.29 is 14.3 Å². The molecule has 76 valence electrons. The van der Waals surface area contributed by atoms with Gasteiger partial charge in [0.05, 0.1) is 6.26 Å². The number of rotatable bonds is 2. The minimum atomic E-state index is -0.314. The van der Waals surface area contributed by atoms with Gasteiger partial charge in [-0.3, -0.25) is 4.79 Å². The maximum Gasteiger partial charge on any atom is 0.291 e. The number of phenols is 1. The first-order chi connectivity index (χ1) is 7.25. The van der Waals surface area contributed by atoms with Crippen LogP contribution in [0.4, 0.5) is 5.69 Å². The summed E-state index contributed by atoms with van der Waals surface area (Å²) in [4.78, 5) is 11.5. The maximum absolute atomic E-state index is 11.5. The van der Waals surface area contributed by atoms with E-state index in [2.05, 4.69) is 5.32 Å². The molecular formula is C11H9NO3. The highest BCUT2D eigenvalue weighted by molar-refractivity contribution is 6.02. The number of anilines is 1. The van der Waals surface area contributed by atoms with E-state index < -0.39 is 0 Å². The quantitative estimate of drug-likeness (QED) is 0.736. The molecule has 2 N–H and O–H groups in total. The van der Waals surface area contributed by atoms with Crippen LogP contribution in [0.1, 0.15) is 10.6 Å². The van der Waals surface area contributed by atoms with Gasteiger partial charge < -0.3 is 14.8 Å². The van der Waals surface area contributed by atoms with E-state index in [1.165, 1.54) is 18.4 Å². The molecule has 0 saturated heterocycles. The van der Waals surface area contributed by atoms with Crippen molar-refractivity contribution in [3.63, 3.8) is 0 Å². The molecule has 1 heterocycles. The van der Waals surface area contributed by atoms with Gasteiger partial charge in [-0.15, -0.1) is 0 Å². The summed E-state index contributed by atoms with van der Waals surface area (Å²) in [6.07, 6.45) is 1.44. The van der Waals surface area contributed by atoms with Gasteiger partial charge in [-0.25, -0.2) is 0 Å². The molecule has 1 aromatic heterocycles. The Hall–Kier alpha value is -2.23. The molecule has 0 unspecified atom stereocenters. The summed E-state index contributed by atoms with van der Waals surface area (Å²) in [6, 6.07) is 9.43. The minimum absolute atomic E-state index is 0.158. The highest BCUT2D eigenvalue weighted by atomic mass is 16.3. The van der Waals surface area contributed by atoms with Gasteiger partial charge in [-0.05, 0) is 36.4 Å². The Labute approximate surface area is 86.2 Å². The highest BCUT2D eigenvalue weighted by Gasteiger charge is 2.07. The van der Waals surface area contributed by atoms with Crippen LogP contribution < -0.4 is 5.32 Å². The molecule has 0 fully saturated rings. The van der Waals surface area contributed by atoms with Crippen molar-refractivity contribution in [1.29, 1.82) is 0 Å². The van der Waals surface area contributed by atoms with Crippen LogP contribution in [0.25, 0.3) is 0 Å². The van der Waals surface area contributed by atoms with Crippen LogP contribution in [0.2, 0.25) is 0 Å². The lowest BCUT2D eigenvalue weighted by Gasteiger charge is -2.02. The molecule has 2 aromatic rings. The van der Waals surface area contributed by atoms with Gasteiger partial charge in [0.1, 0.15) is 5.75 Å². The van der Waals surface area contributed by atoms with E-state index in [1.807, 2.05) is 0 Å². The number of carbonyl (C=O) groups is 1. The number of hydrogen-bond donors (Lipinski definition) is 2. The summed E-state index contributed by atoms with van der Waals surface area (Å²) in [5.74, 6) is 0.0970. The molecule has 0 aliphatic carbocycles. The summed E-state index contributed by atoms with van der Waals surface area (Å²) >= 11 is 0. The number of phenolic OH excluding ortho intramolecular Hbond substituents is 1. The smallest absolute Gasteiger partial charge is 0.291 e. The van der Waals surface area contributed by atoms with Gasteiger partial charge in [0.25, 0.3) is 5.91 Å². The largest absolute Gasteiger partial charge is 0.508 e. The zero-order valence-corrected chi connectivity index (χ0v) is 7.81. The molecule has 1 amide bonds. The molecule has 0 atom stereocenters. The van der Waals surface area contributed by atoms with Crippen LogP contribution in [0.15, 0.2) is 47.1 Å². The summed E-state index contributed by atoms with van der Waals surface area (Å²) in [7, 11) is 0. The third kappa shape index (κ3) is 2.17. The van der Waals surface area contributed by atoms with Crippen molar-refractivity contribution in [2.45, 2.75) is 0 Å². The Kier molecular flexibility index (Phi) is 2.41. The zero-order chi connectivity index (χ0) is 10.7. The van der Waals surface area contributed by atoms with E-state index >= 15 is 0 Å². The monoisotopic (exact) mass is 203 g/mol. The molecule has 15 heavy (non-hydrogen) atoms. The molecule has 0 bridgehead atoms. The number of aromatic hydroxyl groups is 1. The fourth-order valence-electron chi connectivity index (χ4n) is 1.15. The summed E-state index contributed by atoms with van der Waals surface area (Å²) in [5.41, 5.74) is 0.606. The third-order valence-electron chi connectivity index (χ3n) is 1.87. The number of carbonyl (C=O) groups excluding carboxylic acids is 1. The van der Waals surface area contributed by atoms with Gasteiger partial charge in [-0.1, -0.05) is 0 Å². The second-order valence-electron chi connectivity index (χ2n) is 2.98. The van der Waals surface area contributed by atoms with Crippen LogP contribution in [-0.2, 0) is 0 Å². The van der Waals surface area contributed by atoms with E-state index in [4.69, 9.17) is 9.52 Å². The van der Waals surface area contributed by atoms with E-state index in [0.29, 0.717) is 5.69 Å². The Morgan fingerprint density at radius 1 is 1.20 bits per heavy atom. The summed E-state index contributed by atoms with van der Waals surface area (Å²) < 4.78 is 4.93. The van der Waals surface area contributed by atoms with Crippen LogP contribution in [0.3, 0.4) is 0 Å². The normalized spacial score (nSPS) is 9.87. The van der Waals surface area contributed by atoms with E-state index in [0.717, 1.165) is 0 Å². The molecule has 0 aliphatic heterocycles. The van der Waals surface area contributed by atoms with Crippen molar-refractivity contribution in [3.05, 3.63) is 48.4 Å². The molecule has 0 spiro atoms. The van der Waals surface area contributed by atoms with Gasteiger partial charge in [0.15, 0.2) is 5.76 Å². The van der Waals surface area contributed by atoms with Crippen molar-refractivity contribution in [2.75, 3.05) is 5.32 Å². The van der Waals surface area contributed by atoms with Crippen molar-refractivity contribution >= 4 is 11.6 Å². The molecular weight excluding hydrogens is 194 g/mol. The Bertz CT molecular complexity index is 445. The predicted molar refractivity (Wildman–Crippen MR) is 54.8 cm³/mol. The molecule has 2 rings (SSSR count). The number of furan rings is 1. The molecule has 0 aliphatic rings. The maximum atomic E-state index is 11.5. The van der Waals surface area contributed by atoms with E-state index in [-0.39, 0.29) is 17.4 Å². The SMILES string of the molecule is O=C(Nc1ccc(O)cc1)c1ccco1. The lowest BCUT2D eigenvalue weighted by Crippen LogP contribution is -2.10. The average molecular weight is 203 g/mol. The topological polar surface area (TPSA) is 62.5 Å². The lowest BCUT2D eigenvalue weighted by molar-refractivity contribution is 0.0996. The van der Waals surface area contributed by atoms with Crippen LogP contribution in [-0.4, -0.2) is 11.0 Å². The Morgan fingerprint density at radius 3 is 2.53 bits per heavy atom. The summed E-state index contributed by atoms with van der Waals surface area (Å²) in [6.45, 7) is 0. The van der Waals surface area contributed by atoms with Crippen LogP contribution in [0.5, 0.6) is 5.75 Å². The first kappa shape index (κ1) is 9.33. The predicted octanol–water partition coefficient (Wildman–Crippen LogP) is 2.24. The fraction of sp³-hybridized carbons (Fsp3) is 0. The zero-order valence-electron chi connectivity index (χ0n) is 7.81. The Balaban J connectivity index is 2.09. The molecule has 4 nitrogen and oxygen atoms in total. The van der Waals surface area contributed by atoms with E-state index in [1.54, 1.807) is 24.3 Å². The number of amides is 1. The second kappa shape index (κ2) is 3.88. The molecule has 1 aromatic carbocycles. The van der Waals surface area contributed by atoms with Gasteiger partial charge in [0, 0.05) is 5.69 Å². The Morgan fingerprint density at radius 2 is 1.93 bits per heavy atom. The standard InChI is InChI=1S/C11H9NO3/c13-9-5-3-8(4-6-9)12-11(14)10-2-1-7-15-10/h1-7,13H,(H,12,14). The third-order valence-corrected chi connectivity index (χ3v) is 1.87. The average Bonchev–Trinajstić information content (AvgIpc) is 2.74. The molecule has 0 saturated carbocycles. The van der Waals surface area contributed by atoms with Crippen molar-refractivity contribution in [2.24, 2.45) is 0 Å². The van der Waals surface area contributed by atoms with Gasteiger partial charge >= 0.3 is 0 Å². The minimum Gasteiger partial charge on any atom is -0.508 e. The van der Waals surface area contributed by atoms with Crippen molar-refractivity contribution in [1.82, 2.24) is 0 Å². The lowest BCUT2D eigenvalue weighted by atomic mass is 10.3. The number of hydrogen-bond acceptors (Lipinski definition) is 3. The number of nitrogens with one attached hydrogen (secondary N) is 1. The fourth-order valence-corrected chi connectivity index (χ4v) is 1.15. The number of benzene rings is 1. The van der Waals surface area contributed by atoms with E-state index in [9.17, 15) is 4.79 Å². The molecule has 4 heteroatoms.